The molecule has 0 saturated carbocycles. The fourth-order valence-electron chi connectivity index (χ4n) is 3.55. The zero-order valence-electron chi connectivity index (χ0n) is 16.5. The van der Waals surface area contributed by atoms with Gasteiger partial charge in [0.05, 0.1) is 12.3 Å². The van der Waals surface area contributed by atoms with E-state index in [4.69, 9.17) is 15.2 Å². The van der Waals surface area contributed by atoms with Gasteiger partial charge in [-0.05, 0) is 30.2 Å². The van der Waals surface area contributed by atoms with Crippen LogP contribution in [0.5, 0.6) is 5.75 Å². The summed E-state index contributed by atoms with van der Waals surface area (Å²) in [4.78, 5) is 25.3. The number of esters is 1. The molecule has 154 valence electrons. The number of thiophene rings is 1. The van der Waals surface area contributed by atoms with Crippen LogP contribution < -0.4 is 15.8 Å². The summed E-state index contributed by atoms with van der Waals surface area (Å²) in [5, 5.41) is 3.45. The second-order valence-electron chi connectivity index (χ2n) is 6.96. The molecule has 3 N–H and O–H groups in total. The van der Waals surface area contributed by atoms with Crippen molar-refractivity contribution in [3.05, 3.63) is 76.2 Å². The first kappa shape index (κ1) is 20.0. The summed E-state index contributed by atoms with van der Waals surface area (Å²) in [6, 6.07) is 17.1. The second-order valence-corrected chi connectivity index (χ2v) is 7.98. The first-order valence-electron chi connectivity index (χ1n) is 9.72. The molecule has 0 aliphatic carbocycles. The number of hydrogen-bond donors (Lipinski definition) is 2. The Labute approximate surface area is 178 Å². The molecular weight excluding hydrogens is 400 g/mol. The maximum absolute atomic E-state index is 12.7. The van der Waals surface area contributed by atoms with Crippen LogP contribution in [0.2, 0.25) is 0 Å². The summed E-state index contributed by atoms with van der Waals surface area (Å²) in [7, 11) is 0. The van der Waals surface area contributed by atoms with Gasteiger partial charge in [0.1, 0.15) is 22.2 Å². The van der Waals surface area contributed by atoms with Crippen molar-refractivity contribution in [3.63, 3.8) is 0 Å². The molecule has 0 bridgehead atoms. The van der Waals surface area contributed by atoms with Gasteiger partial charge in [0.2, 0.25) is 5.91 Å². The van der Waals surface area contributed by atoms with Crippen LogP contribution in [-0.4, -0.2) is 18.5 Å². The van der Waals surface area contributed by atoms with Crippen molar-refractivity contribution >= 4 is 33.9 Å². The van der Waals surface area contributed by atoms with Crippen LogP contribution in [0.3, 0.4) is 0 Å². The molecule has 6 nitrogen and oxygen atoms in total. The van der Waals surface area contributed by atoms with E-state index in [2.05, 4.69) is 5.32 Å². The normalized spacial score (nSPS) is 15.2. The van der Waals surface area contributed by atoms with Crippen LogP contribution in [0.1, 0.15) is 45.6 Å². The smallest absolute Gasteiger partial charge is 0.350 e. The molecule has 1 unspecified atom stereocenters. The van der Waals surface area contributed by atoms with E-state index < -0.39 is 5.97 Å². The van der Waals surface area contributed by atoms with Gasteiger partial charge in [-0.2, -0.15) is 0 Å². The number of anilines is 2. The lowest BCUT2D eigenvalue weighted by atomic mass is 9.86. The van der Waals surface area contributed by atoms with Crippen LogP contribution in [0.25, 0.3) is 0 Å². The van der Waals surface area contributed by atoms with E-state index in [0.717, 1.165) is 33.8 Å². The molecule has 2 aromatic carbocycles. The number of hydrogen-bond acceptors (Lipinski definition) is 6. The Kier molecular flexibility index (Phi) is 5.72. The monoisotopic (exact) mass is 422 g/mol. The molecule has 1 amide bonds. The average molecular weight is 423 g/mol. The van der Waals surface area contributed by atoms with E-state index in [9.17, 15) is 9.59 Å². The molecule has 1 aliphatic rings. The summed E-state index contributed by atoms with van der Waals surface area (Å²) in [5.41, 5.74) is 9.36. The highest BCUT2D eigenvalue weighted by Crippen LogP contribution is 2.47. The third-order valence-corrected chi connectivity index (χ3v) is 6.08. The molecular formula is C23H22N2O4S. The maximum Gasteiger partial charge on any atom is 0.350 e. The van der Waals surface area contributed by atoms with Gasteiger partial charge >= 0.3 is 5.97 Å². The number of fused-ring (bicyclic) bond motifs is 1. The summed E-state index contributed by atoms with van der Waals surface area (Å²) in [6.45, 7) is 2.67. The SMILES string of the molecule is CCOc1ccc(C2CC(=O)Nc3sc(C(=O)OCc4ccccc4)c(N)c32)cc1. The number of rotatable bonds is 6. The fourth-order valence-corrected chi connectivity index (χ4v) is 4.64. The van der Waals surface area contributed by atoms with Gasteiger partial charge in [-0.1, -0.05) is 42.5 Å². The van der Waals surface area contributed by atoms with E-state index >= 15 is 0 Å². The largest absolute Gasteiger partial charge is 0.494 e. The van der Waals surface area contributed by atoms with Gasteiger partial charge in [0.25, 0.3) is 0 Å². The van der Waals surface area contributed by atoms with Gasteiger partial charge in [-0.3, -0.25) is 4.79 Å². The molecule has 0 fully saturated rings. The van der Waals surface area contributed by atoms with Crippen LogP contribution in [-0.2, 0) is 16.1 Å². The zero-order valence-corrected chi connectivity index (χ0v) is 17.3. The highest BCUT2D eigenvalue weighted by atomic mass is 32.1. The molecule has 1 aromatic heterocycles. The second kappa shape index (κ2) is 8.59. The Balaban J connectivity index is 1.60. The highest BCUT2D eigenvalue weighted by molar-refractivity contribution is 7.19. The van der Waals surface area contributed by atoms with Gasteiger partial charge in [-0.15, -0.1) is 11.3 Å². The topological polar surface area (TPSA) is 90.6 Å². The third kappa shape index (κ3) is 4.02. The fraction of sp³-hybridized carbons (Fsp3) is 0.217. The van der Waals surface area contributed by atoms with Gasteiger partial charge in [-0.25, -0.2) is 4.79 Å². The number of nitrogens with one attached hydrogen (secondary N) is 1. The van der Waals surface area contributed by atoms with Gasteiger partial charge < -0.3 is 20.5 Å². The molecule has 0 spiro atoms. The van der Waals surface area contributed by atoms with Crippen LogP contribution in [0.15, 0.2) is 54.6 Å². The highest BCUT2D eigenvalue weighted by Gasteiger charge is 2.34. The number of nitrogen functional groups attached to an aromatic ring is 1. The molecule has 1 atom stereocenters. The van der Waals surface area contributed by atoms with E-state index in [1.54, 1.807) is 0 Å². The predicted octanol–water partition coefficient (Wildman–Crippen LogP) is 4.56. The van der Waals surface area contributed by atoms with Gasteiger partial charge in [0.15, 0.2) is 0 Å². The van der Waals surface area contributed by atoms with E-state index in [-0.39, 0.29) is 24.9 Å². The lowest BCUT2D eigenvalue weighted by Gasteiger charge is -2.24. The van der Waals surface area contributed by atoms with Crippen molar-refractivity contribution in [2.45, 2.75) is 25.9 Å². The summed E-state index contributed by atoms with van der Waals surface area (Å²) < 4.78 is 10.9. The molecule has 1 aliphatic heterocycles. The van der Waals surface area contributed by atoms with Crippen molar-refractivity contribution in [1.29, 1.82) is 0 Å². The standard InChI is InChI=1S/C23H22N2O4S/c1-2-28-16-10-8-15(9-11-16)17-12-18(26)25-22-19(17)20(24)21(30-22)23(27)29-13-14-6-4-3-5-7-14/h3-11,17H,2,12-13,24H2,1H3,(H,25,26). The lowest BCUT2D eigenvalue weighted by Crippen LogP contribution is -2.22. The summed E-state index contributed by atoms with van der Waals surface area (Å²) >= 11 is 1.16. The quantitative estimate of drug-likeness (QED) is 0.568. The van der Waals surface area contributed by atoms with Crippen LogP contribution >= 0.6 is 11.3 Å². The Morgan fingerprint density at radius 2 is 1.90 bits per heavy atom. The van der Waals surface area contributed by atoms with E-state index in [1.807, 2.05) is 61.5 Å². The molecule has 0 saturated heterocycles. The molecule has 3 aromatic rings. The summed E-state index contributed by atoms with van der Waals surface area (Å²) in [6.07, 6.45) is 0.264. The number of benzene rings is 2. The number of carbonyl (C=O) groups is 2. The number of carbonyl (C=O) groups excluding carboxylic acids is 2. The van der Waals surface area contributed by atoms with Crippen molar-refractivity contribution in [2.75, 3.05) is 17.7 Å². The van der Waals surface area contributed by atoms with Gasteiger partial charge in [0, 0.05) is 17.9 Å². The maximum atomic E-state index is 12.7. The third-order valence-electron chi connectivity index (χ3n) is 4.97. The van der Waals surface area contributed by atoms with Crippen molar-refractivity contribution in [3.8, 4) is 5.75 Å². The number of amides is 1. The minimum absolute atomic E-state index is 0.105. The average Bonchev–Trinajstić information content (AvgIpc) is 3.09. The minimum Gasteiger partial charge on any atom is -0.494 e. The Bertz CT molecular complexity index is 1060. The van der Waals surface area contributed by atoms with Crippen LogP contribution in [0, 0.1) is 0 Å². The first-order chi connectivity index (χ1) is 14.6. The van der Waals surface area contributed by atoms with E-state index in [0.29, 0.717) is 22.2 Å². The summed E-state index contributed by atoms with van der Waals surface area (Å²) in [5.74, 6) is -0.0520. The van der Waals surface area contributed by atoms with Crippen molar-refractivity contribution in [1.82, 2.24) is 0 Å². The van der Waals surface area contributed by atoms with Crippen LogP contribution in [0.4, 0.5) is 10.7 Å². The molecule has 2 heterocycles. The molecule has 30 heavy (non-hydrogen) atoms. The van der Waals surface area contributed by atoms with Crippen molar-refractivity contribution < 1.29 is 19.1 Å². The molecule has 4 rings (SSSR count). The molecule has 7 heteroatoms. The van der Waals surface area contributed by atoms with E-state index in [1.165, 1.54) is 0 Å². The predicted molar refractivity (Wildman–Crippen MR) is 117 cm³/mol. The minimum atomic E-state index is -0.490. The zero-order chi connectivity index (χ0) is 21.1. The molecule has 0 radical (unpaired) electrons. The van der Waals surface area contributed by atoms with Crippen molar-refractivity contribution in [2.24, 2.45) is 0 Å². The Hall–Kier alpha value is -3.32. The number of nitrogens with two attached hydrogens (primary N) is 1. The lowest BCUT2D eigenvalue weighted by molar-refractivity contribution is -0.116. The Morgan fingerprint density at radius 1 is 1.17 bits per heavy atom. The first-order valence-corrected chi connectivity index (χ1v) is 10.5. The number of ether oxygens (including phenoxy) is 2. The Morgan fingerprint density at radius 3 is 2.60 bits per heavy atom.